The molecule has 3 rings (SSSR count). The van der Waals surface area contributed by atoms with Crippen LogP contribution < -0.4 is 10.6 Å². The Kier molecular flexibility index (Phi) is 2.40. The minimum absolute atomic E-state index is 0.226. The van der Waals surface area contributed by atoms with Crippen LogP contribution in [0.1, 0.15) is 6.42 Å². The second-order valence-electron chi connectivity index (χ2n) is 4.51. The van der Waals surface area contributed by atoms with Crippen LogP contribution in [0, 0.1) is 5.92 Å². The van der Waals surface area contributed by atoms with Gasteiger partial charge in [0.05, 0.1) is 0 Å². The van der Waals surface area contributed by atoms with Crippen molar-refractivity contribution in [2.75, 3.05) is 30.3 Å². The molecule has 2 heterocycles. The third-order valence-corrected chi connectivity index (χ3v) is 3.21. The Morgan fingerprint density at radius 2 is 2.41 bits per heavy atom. The van der Waals surface area contributed by atoms with E-state index >= 15 is 0 Å². The molecule has 0 amide bonds. The maximum Gasteiger partial charge on any atom is 0.298 e. The number of hydrogen-bond acceptors (Lipinski definition) is 5. The number of aromatic nitrogens is 1. The molecule has 1 aromatic heterocycles. The van der Waals surface area contributed by atoms with Crippen molar-refractivity contribution in [3.05, 3.63) is 18.2 Å². The Morgan fingerprint density at radius 3 is 3.18 bits per heavy atom. The molecule has 0 bridgehead atoms. The fraction of sp³-hybridized carbons (Fsp3) is 0.417. The molecule has 90 valence electrons. The van der Waals surface area contributed by atoms with Gasteiger partial charge in [-0.1, -0.05) is 0 Å². The summed E-state index contributed by atoms with van der Waals surface area (Å²) in [6, 6.07) is 6.07. The molecule has 3 N–H and O–H groups in total. The molecule has 0 saturated carbocycles. The van der Waals surface area contributed by atoms with Crippen molar-refractivity contribution in [3.8, 4) is 0 Å². The summed E-state index contributed by atoms with van der Waals surface area (Å²) in [4.78, 5) is 6.49. The highest BCUT2D eigenvalue weighted by atomic mass is 16.4. The number of aliphatic hydroxyl groups excluding tert-OH is 1. The van der Waals surface area contributed by atoms with E-state index < -0.39 is 0 Å². The van der Waals surface area contributed by atoms with E-state index in [1.54, 1.807) is 6.07 Å². The van der Waals surface area contributed by atoms with E-state index in [0.717, 1.165) is 30.6 Å². The molecular weight excluding hydrogens is 218 g/mol. The maximum atomic E-state index is 9.11. The van der Waals surface area contributed by atoms with E-state index in [9.17, 15) is 0 Å². The molecule has 1 atom stereocenters. The maximum absolute atomic E-state index is 9.11. The molecule has 1 unspecified atom stereocenters. The van der Waals surface area contributed by atoms with E-state index in [4.69, 9.17) is 15.3 Å². The summed E-state index contributed by atoms with van der Waals surface area (Å²) in [5, 5.41) is 9.11. The van der Waals surface area contributed by atoms with E-state index in [0.29, 0.717) is 17.6 Å². The summed E-state index contributed by atoms with van der Waals surface area (Å²) in [7, 11) is 0. The lowest BCUT2D eigenvalue weighted by atomic mass is 10.1. The lowest BCUT2D eigenvalue weighted by Crippen LogP contribution is -2.20. The van der Waals surface area contributed by atoms with E-state index in [-0.39, 0.29) is 6.61 Å². The van der Waals surface area contributed by atoms with Crippen molar-refractivity contribution < 1.29 is 9.52 Å². The van der Waals surface area contributed by atoms with Crippen LogP contribution in [0.4, 0.5) is 11.7 Å². The zero-order chi connectivity index (χ0) is 11.8. The molecule has 1 aliphatic heterocycles. The molecule has 2 aromatic rings. The minimum Gasteiger partial charge on any atom is -0.423 e. The smallest absolute Gasteiger partial charge is 0.298 e. The second-order valence-corrected chi connectivity index (χ2v) is 4.51. The molecule has 1 aromatic carbocycles. The Bertz CT molecular complexity index is 538. The molecule has 17 heavy (non-hydrogen) atoms. The van der Waals surface area contributed by atoms with Crippen molar-refractivity contribution in [2.45, 2.75) is 6.42 Å². The zero-order valence-electron chi connectivity index (χ0n) is 9.47. The van der Waals surface area contributed by atoms with Crippen LogP contribution in [0.15, 0.2) is 22.6 Å². The Morgan fingerprint density at radius 1 is 1.53 bits per heavy atom. The van der Waals surface area contributed by atoms with Gasteiger partial charge in [0.15, 0.2) is 5.58 Å². The Labute approximate surface area is 98.8 Å². The molecule has 0 radical (unpaired) electrons. The average Bonchev–Trinajstić information content (AvgIpc) is 2.93. The monoisotopic (exact) mass is 233 g/mol. The van der Waals surface area contributed by atoms with Gasteiger partial charge in [0, 0.05) is 31.3 Å². The highest BCUT2D eigenvalue weighted by Gasteiger charge is 2.25. The number of nitrogens with two attached hydrogens (primary N) is 1. The Balaban J connectivity index is 1.91. The van der Waals surface area contributed by atoms with Gasteiger partial charge in [-0.2, -0.15) is 4.98 Å². The fourth-order valence-electron chi connectivity index (χ4n) is 2.22. The van der Waals surface area contributed by atoms with Crippen LogP contribution in [0.3, 0.4) is 0 Å². The van der Waals surface area contributed by atoms with Gasteiger partial charge in [0.25, 0.3) is 6.01 Å². The number of hydrogen-bond donors (Lipinski definition) is 2. The van der Waals surface area contributed by atoms with E-state index in [2.05, 4.69) is 9.88 Å². The van der Waals surface area contributed by atoms with Gasteiger partial charge in [0.2, 0.25) is 0 Å². The third-order valence-electron chi connectivity index (χ3n) is 3.21. The quantitative estimate of drug-likeness (QED) is 0.763. The highest BCUT2D eigenvalue weighted by Crippen LogP contribution is 2.27. The molecule has 5 nitrogen and oxygen atoms in total. The van der Waals surface area contributed by atoms with E-state index in [1.807, 2.05) is 12.1 Å². The van der Waals surface area contributed by atoms with Gasteiger partial charge in [-0.3, -0.25) is 0 Å². The van der Waals surface area contributed by atoms with Gasteiger partial charge in [0.1, 0.15) is 5.52 Å². The normalized spacial score (nSPS) is 20.3. The molecule has 1 fully saturated rings. The summed E-state index contributed by atoms with van der Waals surface area (Å²) in [5.74, 6) is 0.329. The number of rotatable bonds is 2. The van der Waals surface area contributed by atoms with Gasteiger partial charge < -0.3 is 20.2 Å². The lowest BCUT2D eigenvalue weighted by Gasteiger charge is -2.12. The predicted octanol–water partition coefficient (Wildman–Crippen LogP) is 1.23. The van der Waals surface area contributed by atoms with Crippen molar-refractivity contribution in [1.29, 1.82) is 0 Å². The number of benzene rings is 1. The van der Waals surface area contributed by atoms with Crippen molar-refractivity contribution in [1.82, 2.24) is 4.98 Å². The first-order chi connectivity index (χ1) is 8.26. The lowest BCUT2D eigenvalue weighted by molar-refractivity contribution is 0.238. The molecule has 1 saturated heterocycles. The summed E-state index contributed by atoms with van der Waals surface area (Å²) >= 11 is 0. The highest BCUT2D eigenvalue weighted by molar-refractivity contribution is 5.78. The fourth-order valence-corrected chi connectivity index (χ4v) is 2.22. The van der Waals surface area contributed by atoms with Crippen LogP contribution in [-0.2, 0) is 0 Å². The van der Waals surface area contributed by atoms with Crippen LogP contribution in [0.2, 0.25) is 0 Å². The van der Waals surface area contributed by atoms with Gasteiger partial charge in [-0.15, -0.1) is 0 Å². The summed E-state index contributed by atoms with van der Waals surface area (Å²) < 4.78 is 5.68. The van der Waals surface area contributed by atoms with Crippen molar-refractivity contribution >= 4 is 22.8 Å². The first kappa shape index (κ1) is 10.4. The number of oxazole rings is 1. The minimum atomic E-state index is 0.226. The second kappa shape index (κ2) is 3.92. The largest absolute Gasteiger partial charge is 0.423 e. The third kappa shape index (κ3) is 1.82. The van der Waals surface area contributed by atoms with Crippen LogP contribution in [0.5, 0.6) is 0 Å². The first-order valence-corrected chi connectivity index (χ1v) is 5.78. The average molecular weight is 233 g/mol. The van der Waals surface area contributed by atoms with Gasteiger partial charge in [-0.25, -0.2) is 0 Å². The SMILES string of the molecule is Nc1ccc2oc(N3CCC(CO)C3)nc2c1. The topological polar surface area (TPSA) is 75.5 Å². The van der Waals surface area contributed by atoms with Crippen molar-refractivity contribution in [2.24, 2.45) is 5.92 Å². The van der Waals surface area contributed by atoms with Gasteiger partial charge >= 0.3 is 0 Å². The summed E-state index contributed by atoms with van der Waals surface area (Å²) in [6.07, 6.45) is 0.983. The number of fused-ring (bicyclic) bond motifs is 1. The van der Waals surface area contributed by atoms with Crippen LogP contribution in [-0.4, -0.2) is 29.8 Å². The number of aliphatic hydroxyl groups is 1. The molecule has 0 spiro atoms. The molecular formula is C12H15N3O2. The first-order valence-electron chi connectivity index (χ1n) is 5.78. The Hall–Kier alpha value is -1.75. The van der Waals surface area contributed by atoms with Crippen molar-refractivity contribution in [3.63, 3.8) is 0 Å². The molecule has 5 heteroatoms. The molecule has 1 aliphatic rings. The number of nitrogens with zero attached hydrogens (tertiary/aromatic N) is 2. The summed E-state index contributed by atoms with van der Waals surface area (Å²) in [6.45, 7) is 1.91. The van der Waals surface area contributed by atoms with Gasteiger partial charge in [-0.05, 0) is 24.6 Å². The number of anilines is 2. The molecule has 0 aliphatic carbocycles. The predicted molar refractivity (Wildman–Crippen MR) is 65.8 cm³/mol. The summed E-state index contributed by atoms with van der Waals surface area (Å²) in [5.41, 5.74) is 7.93. The van der Waals surface area contributed by atoms with E-state index in [1.165, 1.54) is 0 Å². The number of nitrogen functional groups attached to an aromatic ring is 1. The van der Waals surface area contributed by atoms with Crippen LogP contribution >= 0.6 is 0 Å². The van der Waals surface area contributed by atoms with Crippen LogP contribution in [0.25, 0.3) is 11.1 Å². The standard InChI is InChI=1S/C12H15N3O2/c13-9-1-2-11-10(5-9)14-12(17-11)15-4-3-8(6-15)7-16/h1-2,5,8,16H,3-4,6-7,13H2. The zero-order valence-corrected chi connectivity index (χ0v) is 9.47.